The second kappa shape index (κ2) is 7.27. The standard InChI is InChI=1S/C20H20N6O3/c1-4-29-20(27)14-11-22-26(19(14)21)18-9-12(2)23-17-10-15(24-25(17)18)13-7-5-6-8-16(13)28-3/h5-11H,4,21H2,1-3H3. The summed E-state index contributed by atoms with van der Waals surface area (Å²) in [4.78, 5) is 16.6. The molecule has 0 aliphatic rings. The quantitative estimate of drug-likeness (QED) is 0.520. The van der Waals surface area contributed by atoms with Crippen LogP contribution in [0.4, 0.5) is 5.82 Å². The minimum absolute atomic E-state index is 0.171. The number of benzene rings is 1. The van der Waals surface area contributed by atoms with Crippen molar-refractivity contribution in [2.24, 2.45) is 0 Å². The van der Waals surface area contributed by atoms with Gasteiger partial charge in [0.2, 0.25) is 0 Å². The maximum Gasteiger partial charge on any atom is 0.343 e. The molecular weight excluding hydrogens is 372 g/mol. The number of anilines is 1. The molecule has 4 rings (SSSR count). The number of aromatic nitrogens is 5. The summed E-state index contributed by atoms with van der Waals surface area (Å²) in [6, 6.07) is 11.3. The van der Waals surface area contributed by atoms with Crippen LogP contribution in [0.3, 0.4) is 0 Å². The van der Waals surface area contributed by atoms with Crippen molar-refractivity contribution in [2.45, 2.75) is 13.8 Å². The lowest BCUT2D eigenvalue weighted by Gasteiger charge is -2.08. The van der Waals surface area contributed by atoms with Crippen LogP contribution in [-0.4, -0.2) is 44.1 Å². The molecule has 9 heteroatoms. The summed E-state index contributed by atoms with van der Waals surface area (Å²) in [5.41, 5.74) is 9.30. The van der Waals surface area contributed by atoms with E-state index in [1.54, 1.807) is 24.6 Å². The van der Waals surface area contributed by atoms with Gasteiger partial charge in [0.05, 0.1) is 25.6 Å². The van der Waals surface area contributed by atoms with Gasteiger partial charge in [-0.1, -0.05) is 12.1 Å². The molecule has 148 valence electrons. The largest absolute Gasteiger partial charge is 0.496 e. The fourth-order valence-corrected chi connectivity index (χ4v) is 3.13. The minimum atomic E-state index is -0.520. The molecule has 0 spiro atoms. The van der Waals surface area contributed by atoms with E-state index >= 15 is 0 Å². The van der Waals surface area contributed by atoms with Gasteiger partial charge >= 0.3 is 5.97 Å². The summed E-state index contributed by atoms with van der Waals surface area (Å²) in [6.07, 6.45) is 1.39. The number of methoxy groups -OCH3 is 1. The summed E-state index contributed by atoms with van der Waals surface area (Å²) in [5, 5.41) is 8.96. The Balaban J connectivity index is 1.88. The molecule has 0 amide bonds. The first kappa shape index (κ1) is 18.5. The maximum absolute atomic E-state index is 12.1. The molecule has 1 aromatic carbocycles. The van der Waals surface area contributed by atoms with E-state index < -0.39 is 5.97 Å². The van der Waals surface area contributed by atoms with Crippen LogP contribution in [0.5, 0.6) is 5.75 Å². The van der Waals surface area contributed by atoms with Crippen LogP contribution in [-0.2, 0) is 4.74 Å². The third-order valence-corrected chi connectivity index (χ3v) is 4.44. The van der Waals surface area contributed by atoms with Crippen LogP contribution >= 0.6 is 0 Å². The molecule has 0 radical (unpaired) electrons. The van der Waals surface area contributed by atoms with Gasteiger partial charge in [0.25, 0.3) is 0 Å². The summed E-state index contributed by atoms with van der Waals surface area (Å²) >= 11 is 0. The average Bonchev–Trinajstić information content (AvgIpc) is 3.31. The Morgan fingerprint density at radius 2 is 2.03 bits per heavy atom. The fraction of sp³-hybridized carbons (Fsp3) is 0.200. The Bertz CT molecular complexity index is 1210. The van der Waals surface area contributed by atoms with Gasteiger partial charge in [0.1, 0.15) is 17.1 Å². The van der Waals surface area contributed by atoms with Crippen LogP contribution in [0.15, 0.2) is 42.6 Å². The zero-order valence-electron chi connectivity index (χ0n) is 16.3. The second-order valence-electron chi connectivity index (χ2n) is 6.33. The molecule has 2 N–H and O–H groups in total. The number of hydrogen-bond donors (Lipinski definition) is 1. The number of nitrogens with two attached hydrogens (primary N) is 1. The number of rotatable bonds is 5. The maximum atomic E-state index is 12.1. The van der Waals surface area contributed by atoms with Crippen molar-refractivity contribution in [2.75, 3.05) is 19.5 Å². The third kappa shape index (κ3) is 3.16. The van der Waals surface area contributed by atoms with Crippen molar-refractivity contribution in [3.8, 4) is 22.8 Å². The van der Waals surface area contributed by atoms with Crippen molar-refractivity contribution < 1.29 is 14.3 Å². The molecule has 0 fully saturated rings. The van der Waals surface area contributed by atoms with Crippen molar-refractivity contribution >= 4 is 17.4 Å². The molecule has 0 atom stereocenters. The van der Waals surface area contributed by atoms with Crippen molar-refractivity contribution in [1.29, 1.82) is 0 Å². The highest BCUT2D eigenvalue weighted by atomic mass is 16.5. The second-order valence-corrected chi connectivity index (χ2v) is 6.33. The monoisotopic (exact) mass is 392 g/mol. The molecule has 3 heterocycles. The lowest BCUT2D eigenvalue weighted by atomic mass is 10.1. The third-order valence-electron chi connectivity index (χ3n) is 4.44. The minimum Gasteiger partial charge on any atom is -0.496 e. The number of aryl methyl sites for hydroxylation is 1. The Hall–Kier alpha value is -3.88. The number of ether oxygens (including phenoxy) is 2. The van der Waals surface area contributed by atoms with E-state index in [0.717, 1.165) is 11.3 Å². The van der Waals surface area contributed by atoms with Gasteiger partial charge in [0.15, 0.2) is 11.5 Å². The normalized spacial score (nSPS) is 11.0. The summed E-state index contributed by atoms with van der Waals surface area (Å²) in [7, 11) is 1.61. The molecule has 0 aliphatic carbocycles. The number of carbonyl (C=O) groups is 1. The van der Waals surface area contributed by atoms with Gasteiger partial charge < -0.3 is 15.2 Å². The molecule has 0 saturated carbocycles. The SMILES string of the molecule is CCOC(=O)c1cnn(-c2cc(C)nc3cc(-c4ccccc4OC)nn23)c1N. The zero-order chi connectivity index (χ0) is 20.5. The van der Waals surface area contributed by atoms with Crippen molar-refractivity contribution in [3.05, 3.63) is 53.9 Å². The van der Waals surface area contributed by atoms with Gasteiger partial charge in [-0.05, 0) is 26.0 Å². The summed E-state index contributed by atoms with van der Waals surface area (Å²) in [6.45, 7) is 3.85. The van der Waals surface area contributed by atoms with E-state index in [1.807, 2.05) is 37.3 Å². The highest BCUT2D eigenvalue weighted by molar-refractivity contribution is 5.94. The number of nitrogen functional groups attached to an aromatic ring is 1. The van der Waals surface area contributed by atoms with Crippen LogP contribution in [0.2, 0.25) is 0 Å². The highest BCUT2D eigenvalue weighted by Gasteiger charge is 2.20. The summed E-state index contributed by atoms with van der Waals surface area (Å²) in [5.74, 6) is 0.914. The molecular formula is C20H20N6O3. The lowest BCUT2D eigenvalue weighted by molar-refractivity contribution is 0.0527. The average molecular weight is 392 g/mol. The molecule has 0 bridgehead atoms. The predicted octanol–water partition coefficient (Wildman–Crippen LogP) is 2.66. The Morgan fingerprint density at radius 3 is 2.79 bits per heavy atom. The first-order chi connectivity index (χ1) is 14.0. The predicted molar refractivity (Wildman–Crippen MR) is 107 cm³/mol. The van der Waals surface area contributed by atoms with Crippen molar-refractivity contribution in [1.82, 2.24) is 24.4 Å². The van der Waals surface area contributed by atoms with Crippen LogP contribution in [0.1, 0.15) is 23.0 Å². The molecule has 9 nitrogen and oxygen atoms in total. The van der Waals surface area contributed by atoms with Gasteiger partial charge in [-0.2, -0.15) is 19.4 Å². The highest BCUT2D eigenvalue weighted by Crippen LogP contribution is 2.30. The number of esters is 1. The topological polar surface area (TPSA) is 110 Å². The van der Waals surface area contributed by atoms with Gasteiger partial charge in [-0.25, -0.2) is 9.78 Å². The Morgan fingerprint density at radius 1 is 1.24 bits per heavy atom. The first-order valence-electron chi connectivity index (χ1n) is 9.05. The number of hydrogen-bond acceptors (Lipinski definition) is 7. The van der Waals surface area contributed by atoms with Crippen LogP contribution < -0.4 is 10.5 Å². The lowest BCUT2D eigenvalue weighted by Crippen LogP contribution is -2.12. The number of para-hydroxylation sites is 1. The smallest absolute Gasteiger partial charge is 0.343 e. The van der Waals surface area contributed by atoms with E-state index in [0.29, 0.717) is 22.9 Å². The molecule has 0 saturated heterocycles. The zero-order valence-corrected chi connectivity index (χ0v) is 16.3. The fourth-order valence-electron chi connectivity index (χ4n) is 3.13. The van der Waals surface area contributed by atoms with E-state index in [4.69, 9.17) is 15.2 Å². The van der Waals surface area contributed by atoms with E-state index in [9.17, 15) is 4.79 Å². The Labute approximate surface area is 166 Å². The molecule has 0 aliphatic heterocycles. The molecule has 29 heavy (non-hydrogen) atoms. The van der Waals surface area contributed by atoms with Crippen molar-refractivity contribution in [3.63, 3.8) is 0 Å². The molecule has 4 aromatic rings. The number of carbonyl (C=O) groups excluding carboxylic acids is 1. The number of nitrogens with zero attached hydrogens (tertiary/aromatic N) is 5. The van der Waals surface area contributed by atoms with Crippen LogP contribution in [0.25, 0.3) is 22.7 Å². The van der Waals surface area contributed by atoms with Gasteiger partial charge in [-0.15, -0.1) is 0 Å². The molecule has 0 unspecified atom stereocenters. The van der Waals surface area contributed by atoms with E-state index in [-0.39, 0.29) is 18.0 Å². The van der Waals surface area contributed by atoms with E-state index in [2.05, 4.69) is 15.2 Å². The Kier molecular flexibility index (Phi) is 4.63. The number of fused-ring (bicyclic) bond motifs is 1. The molecule has 3 aromatic heterocycles. The summed E-state index contributed by atoms with van der Waals surface area (Å²) < 4.78 is 13.6. The van der Waals surface area contributed by atoms with E-state index in [1.165, 1.54) is 10.9 Å². The first-order valence-corrected chi connectivity index (χ1v) is 9.05. The van der Waals surface area contributed by atoms with Gasteiger partial charge in [0, 0.05) is 23.4 Å². The van der Waals surface area contributed by atoms with Crippen LogP contribution in [0, 0.1) is 6.92 Å². The van der Waals surface area contributed by atoms with Gasteiger partial charge in [-0.3, -0.25) is 0 Å².